The highest BCUT2D eigenvalue weighted by Crippen LogP contribution is 2.24. The van der Waals surface area contributed by atoms with Crippen LogP contribution in [0.5, 0.6) is 0 Å². The van der Waals surface area contributed by atoms with Gasteiger partial charge in [-0.05, 0) is 18.1 Å². The third-order valence-electron chi connectivity index (χ3n) is 3.15. The Kier molecular flexibility index (Phi) is 3.32. The van der Waals surface area contributed by atoms with Crippen molar-refractivity contribution in [1.82, 2.24) is 4.98 Å². The van der Waals surface area contributed by atoms with Gasteiger partial charge in [-0.25, -0.2) is 4.98 Å². The van der Waals surface area contributed by atoms with Crippen LogP contribution in [0.25, 0.3) is 0 Å². The first-order chi connectivity index (χ1) is 8.49. The van der Waals surface area contributed by atoms with Crippen molar-refractivity contribution in [3.8, 4) is 0 Å². The van der Waals surface area contributed by atoms with Crippen LogP contribution >= 0.6 is 0 Å². The Bertz CT molecular complexity index is 485. The maximum atomic E-state index is 11.8. The number of primary amides is 1. The number of pyridine rings is 1. The average molecular weight is 247 g/mol. The van der Waals surface area contributed by atoms with Crippen LogP contribution in [0.4, 0.5) is 5.82 Å². The number of nitrogens with zero attached hydrogens (tertiary/aromatic N) is 2. The first kappa shape index (κ1) is 12.5. The molecular formula is C13H17N3O2. The van der Waals surface area contributed by atoms with E-state index in [1.807, 2.05) is 26.0 Å². The fourth-order valence-corrected chi connectivity index (χ4v) is 2.03. The van der Waals surface area contributed by atoms with Crippen LogP contribution in [0.15, 0.2) is 18.2 Å². The zero-order chi connectivity index (χ0) is 13.3. The van der Waals surface area contributed by atoms with Crippen LogP contribution in [0.3, 0.4) is 0 Å². The Balaban J connectivity index is 2.24. The van der Waals surface area contributed by atoms with Crippen molar-refractivity contribution in [2.24, 2.45) is 11.7 Å². The summed E-state index contributed by atoms with van der Waals surface area (Å²) in [5.74, 6) is -0.00961. The molecule has 0 spiro atoms. The fraction of sp³-hybridized carbons (Fsp3) is 0.462. The van der Waals surface area contributed by atoms with Gasteiger partial charge in [0, 0.05) is 18.7 Å². The van der Waals surface area contributed by atoms with E-state index in [0.29, 0.717) is 18.3 Å². The first-order valence-electron chi connectivity index (χ1n) is 6.05. The summed E-state index contributed by atoms with van der Waals surface area (Å²) in [6, 6.07) is 5.59. The van der Waals surface area contributed by atoms with Crippen LogP contribution in [0, 0.1) is 5.92 Å². The second-order valence-electron chi connectivity index (χ2n) is 4.88. The minimum atomic E-state index is -0.425. The summed E-state index contributed by atoms with van der Waals surface area (Å²) in [5.41, 5.74) is 6.17. The SMILES string of the molecule is CC(C)c1cccc(N2CC(C(N)=O)CC2=O)n1. The van der Waals surface area contributed by atoms with Crippen LogP contribution in [0.2, 0.25) is 0 Å². The minimum Gasteiger partial charge on any atom is -0.369 e. The van der Waals surface area contributed by atoms with Crippen LogP contribution in [-0.2, 0) is 9.59 Å². The van der Waals surface area contributed by atoms with Crippen molar-refractivity contribution >= 4 is 17.6 Å². The van der Waals surface area contributed by atoms with Gasteiger partial charge in [-0.2, -0.15) is 0 Å². The summed E-state index contributed by atoms with van der Waals surface area (Å²) < 4.78 is 0. The Morgan fingerprint density at radius 3 is 2.78 bits per heavy atom. The highest BCUT2D eigenvalue weighted by Gasteiger charge is 2.34. The molecule has 0 aliphatic carbocycles. The lowest BCUT2D eigenvalue weighted by atomic mass is 10.1. The molecule has 2 rings (SSSR count). The van der Waals surface area contributed by atoms with Crippen molar-refractivity contribution in [2.75, 3.05) is 11.4 Å². The van der Waals surface area contributed by atoms with Crippen molar-refractivity contribution in [2.45, 2.75) is 26.2 Å². The number of hydrogen-bond donors (Lipinski definition) is 1. The molecule has 0 bridgehead atoms. The van der Waals surface area contributed by atoms with Crippen molar-refractivity contribution < 1.29 is 9.59 Å². The van der Waals surface area contributed by atoms with Crippen molar-refractivity contribution in [1.29, 1.82) is 0 Å². The van der Waals surface area contributed by atoms with Crippen LogP contribution in [-0.4, -0.2) is 23.3 Å². The van der Waals surface area contributed by atoms with E-state index in [2.05, 4.69) is 4.98 Å². The molecule has 2 heterocycles. The van der Waals surface area contributed by atoms with Gasteiger partial charge in [-0.15, -0.1) is 0 Å². The second-order valence-corrected chi connectivity index (χ2v) is 4.88. The summed E-state index contributed by atoms with van der Waals surface area (Å²) in [7, 11) is 0. The molecule has 0 radical (unpaired) electrons. The van der Waals surface area contributed by atoms with Gasteiger partial charge in [-0.3, -0.25) is 14.5 Å². The highest BCUT2D eigenvalue weighted by molar-refractivity contribution is 5.99. The maximum absolute atomic E-state index is 11.8. The molecule has 0 saturated carbocycles. The maximum Gasteiger partial charge on any atom is 0.229 e. The summed E-state index contributed by atoms with van der Waals surface area (Å²) in [6.45, 7) is 4.43. The molecule has 96 valence electrons. The topological polar surface area (TPSA) is 76.3 Å². The Morgan fingerprint density at radius 1 is 1.50 bits per heavy atom. The summed E-state index contributed by atoms with van der Waals surface area (Å²) in [5, 5.41) is 0. The van der Waals surface area contributed by atoms with Gasteiger partial charge in [0.15, 0.2) is 0 Å². The third-order valence-corrected chi connectivity index (χ3v) is 3.15. The molecule has 1 fully saturated rings. The highest BCUT2D eigenvalue weighted by atomic mass is 16.2. The molecular weight excluding hydrogens is 230 g/mol. The predicted molar refractivity (Wildman–Crippen MR) is 68.0 cm³/mol. The van der Waals surface area contributed by atoms with E-state index in [1.165, 1.54) is 0 Å². The lowest BCUT2D eigenvalue weighted by Gasteiger charge is -2.16. The molecule has 0 aromatic carbocycles. The standard InChI is InChI=1S/C13H17N3O2/c1-8(2)10-4-3-5-11(15-10)16-7-9(13(14)18)6-12(16)17/h3-5,8-9H,6-7H2,1-2H3,(H2,14,18). The quantitative estimate of drug-likeness (QED) is 0.867. The number of hydrogen-bond acceptors (Lipinski definition) is 3. The third kappa shape index (κ3) is 2.34. The Morgan fingerprint density at radius 2 is 2.22 bits per heavy atom. The monoisotopic (exact) mass is 247 g/mol. The number of rotatable bonds is 3. The number of aromatic nitrogens is 1. The van der Waals surface area contributed by atoms with E-state index in [-0.39, 0.29) is 12.3 Å². The molecule has 5 heteroatoms. The lowest BCUT2D eigenvalue weighted by Crippen LogP contribution is -2.29. The van der Waals surface area contributed by atoms with Crippen molar-refractivity contribution in [3.05, 3.63) is 23.9 Å². The molecule has 1 aliphatic heterocycles. The van der Waals surface area contributed by atoms with Crippen LogP contribution < -0.4 is 10.6 Å². The number of amides is 2. The predicted octanol–water partition coefficient (Wildman–Crippen LogP) is 1.04. The van der Waals surface area contributed by atoms with E-state index >= 15 is 0 Å². The summed E-state index contributed by atoms with van der Waals surface area (Å²) in [6.07, 6.45) is 0.183. The lowest BCUT2D eigenvalue weighted by molar-refractivity contribution is -0.123. The Labute approximate surface area is 106 Å². The Hall–Kier alpha value is -1.91. The van der Waals surface area contributed by atoms with Gasteiger partial charge < -0.3 is 5.73 Å². The molecule has 1 aromatic heterocycles. The van der Waals surface area contributed by atoms with Gasteiger partial charge >= 0.3 is 0 Å². The molecule has 1 aromatic rings. The average Bonchev–Trinajstić information content (AvgIpc) is 2.72. The number of carbonyl (C=O) groups is 2. The largest absolute Gasteiger partial charge is 0.369 e. The number of carbonyl (C=O) groups excluding carboxylic acids is 2. The van der Waals surface area contributed by atoms with Gasteiger partial charge in [0.2, 0.25) is 11.8 Å². The zero-order valence-electron chi connectivity index (χ0n) is 10.6. The molecule has 1 unspecified atom stereocenters. The van der Waals surface area contributed by atoms with E-state index in [1.54, 1.807) is 11.0 Å². The van der Waals surface area contributed by atoms with E-state index < -0.39 is 11.8 Å². The molecule has 5 nitrogen and oxygen atoms in total. The number of nitrogens with two attached hydrogens (primary N) is 1. The van der Waals surface area contributed by atoms with Gasteiger partial charge in [-0.1, -0.05) is 19.9 Å². The van der Waals surface area contributed by atoms with E-state index in [0.717, 1.165) is 5.69 Å². The van der Waals surface area contributed by atoms with Crippen LogP contribution in [0.1, 0.15) is 31.9 Å². The van der Waals surface area contributed by atoms with E-state index in [9.17, 15) is 9.59 Å². The van der Waals surface area contributed by atoms with Crippen molar-refractivity contribution in [3.63, 3.8) is 0 Å². The minimum absolute atomic E-state index is 0.0905. The van der Waals surface area contributed by atoms with E-state index in [4.69, 9.17) is 5.73 Å². The molecule has 1 saturated heterocycles. The molecule has 2 amide bonds. The van der Waals surface area contributed by atoms with Gasteiger partial charge in [0.25, 0.3) is 0 Å². The molecule has 1 atom stereocenters. The molecule has 2 N–H and O–H groups in total. The van der Waals surface area contributed by atoms with Gasteiger partial charge in [0.1, 0.15) is 5.82 Å². The zero-order valence-corrected chi connectivity index (χ0v) is 10.6. The fourth-order valence-electron chi connectivity index (χ4n) is 2.03. The number of anilines is 1. The molecule has 18 heavy (non-hydrogen) atoms. The smallest absolute Gasteiger partial charge is 0.229 e. The van der Waals surface area contributed by atoms with Gasteiger partial charge in [0.05, 0.1) is 5.92 Å². The summed E-state index contributed by atoms with van der Waals surface area (Å²) in [4.78, 5) is 29.0. The first-order valence-corrected chi connectivity index (χ1v) is 6.05. The second kappa shape index (κ2) is 4.76. The summed E-state index contributed by atoms with van der Waals surface area (Å²) >= 11 is 0. The molecule has 1 aliphatic rings. The normalized spacial score (nSPS) is 19.6.